The minimum atomic E-state index is -0.619. The van der Waals surface area contributed by atoms with Crippen LogP contribution in [0.5, 0.6) is 5.75 Å². The first-order chi connectivity index (χ1) is 11.8. The zero-order valence-corrected chi connectivity index (χ0v) is 14.6. The Morgan fingerprint density at radius 3 is 2.84 bits per heavy atom. The first kappa shape index (κ1) is 18.8. The first-order valence-electron chi connectivity index (χ1n) is 8.07. The van der Waals surface area contributed by atoms with Crippen LogP contribution in [0.3, 0.4) is 0 Å². The fourth-order valence-electron chi connectivity index (χ4n) is 2.29. The number of carbonyl (C=O) groups is 2. The number of hydrogen-bond acceptors (Lipinski definition) is 4. The number of alkyl carbamates (subject to hydrolysis) is 1. The van der Waals surface area contributed by atoms with Crippen molar-refractivity contribution in [1.82, 2.24) is 10.6 Å². The number of hydrogen-bond donors (Lipinski definition) is 2. The van der Waals surface area contributed by atoms with Gasteiger partial charge in [0.25, 0.3) is 5.91 Å². The summed E-state index contributed by atoms with van der Waals surface area (Å²) in [5.74, 6) is 0.448. The summed E-state index contributed by atoms with van der Waals surface area (Å²) in [6.07, 6.45) is 0.514. The summed E-state index contributed by atoms with van der Waals surface area (Å²) in [6, 6.07) is 5.14. The predicted octanol–water partition coefficient (Wildman–Crippen LogP) is 2.73. The van der Waals surface area contributed by atoms with Crippen LogP contribution in [0.25, 0.3) is 0 Å². The second kappa shape index (κ2) is 8.00. The standard InChI is InChI=1S/C18H23FN2O4/c1-18(2,3)25-17(23)21-10-12(9-19)11-24-14-4-5-15-13(8-14)6-7-20-16(15)22/h4-5,8-9H,6-7,10-11H2,1-3H3,(H,20,22)(H,21,23)/b12-9-. The number of carbonyl (C=O) groups excluding carboxylic acids is 2. The van der Waals surface area contributed by atoms with E-state index in [1.165, 1.54) is 0 Å². The number of rotatable bonds is 5. The van der Waals surface area contributed by atoms with Gasteiger partial charge in [-0.25, -0.2) is 9.18 Å². The molecule has 2 N–H and O–H groups in total. The average Bonchev–Trinajstić information content (AvgIpc) is 2.53. The van der Waals surface area contributed by atoms with E-state index >= 15 is 0 Å². The zero-order chi connectivity index (χ0) is 18.4. The molecule has 0 unspecified atom stereocenters. The van der Waals surface area contributed by atoms with Crippen LogP contribution >= 0.6 is 0 Å². The number of amides is 2. The number of halogens is 1. The Hall–Kier alpha value is -2.57. The summed E-state index contributed by atoms with van der Waals surface area (Å²) in [7, 11) is 0. The number of ether oxygens (including phenoxy) is 2. The van der Waals surface area contributed by atoms with Crippen molar-refractivity contribution in [3.8, 4) is 5.75 Å². The quantitative estimate of drug-likeness (QED) is 0.856. The fraction of sp³-hybridized carbons (Fsp3) is 0.444. The Kier molecular flexibility index (Phi) is 6.01. The van der Waals surface area contributed by atoms with Gasteiger partial charge in [-0.3, -0.25) is 4.79 Å². The summed E-state index contributed by atoms with van der Waals surface area (Å²) in [5.41, 5.74) is 1.18. The molecule has 1 aliphatic rings. The fourth-order valence-corrected chi connectivity index (χ4v) is 2.29. The van der Waals surface area contributed by atoms with E-state index in [0.717, 1.165) is 12.0 Å². The highest BCUT2D eigenvalue weighted by Crippen LogP contribution is 2.21. The molecule has 0 aliphatic carbocycles. The molecule has 0 spiro atoms. The molecular weight excluding hydrogens is 327 g/mol. The van der Waals surface area contributed by atoms with Crippen LogP contribution < -0.4 is 15.4 Å². The van der Waals surface area contributed by atoms with Crippen LogP contribution in [0.1, 0.15) is 36.7 Å². The van der Waals surface area contributed by atoms with E-state index in [2.05, 4.69) is 10.6 Å². The van der Waals surface area contributed by atoms with Crippen LogP contribution in [0, 0.1) is 0 Å². The third kappa shape index (κ3) is 5.77. The summed E-state index contributed by atoms with van der Waals surface area (Å²) < 4.78 is 23.6. The third-order valence-corrected chi connectivity index (χ3v) is 3.44. The van der Waals surface area contributed by atoms with E-state index in [4.69, 9.17) is 9.47 Å². The number of benzene rings is 1. The second-order valence-corrected chi connectivity index (χ2v) is 6.74. The minimum absolute atomic E-state index is 0.0151. The van der Waals surface area contributed by atoms with Crippen LogP contribution in [0.2, 0.25) is 0 Å². The Bertz CT molecular complexity index is 680. The summed E-state index contributed by atoms with van der Waals surface area (Å²) in [4.78, 5) is 23.3. The highest BCUT2D eigenvalue weighted by molar-refractivity contribution is 5.96. The molecule has 1 aromatic carbocycles. The van der Waals surface area contributed by atoms with Gasteiger partial charge in [-0.15, -0.1) is 0 Å². The SMILES string of the molecule is CC(C)(C)OC(=O)NC/C(=C/F)COc1ccc2c(c1)CCNC2=O. The lowest BCUT2D eigenvalue weighted by Gasteiger charge is -2.20. The van der Waals surface area contributed by atoms with E-state index in [1.54, 1.807) is 39.0 Å². The molecule has 2 rings (SSSR count). The summed E-state index contributed by atoms with van der Waals surface area (Å²) in [5, 5.41) is 5.25. The van der Waals surface area contributed by atoms with Gasteiger partial charge < -0.3 is 20.1 Å². The third-order valence-electron chi connectivity index (χ3n) is 3.44. The number of nitrogens with one attached hydrogen (secondary N) is 2. The van der Waals surface area contributed by atoms with Crippen molar-refractivity contribution in [3.05, 3.63) is 41.2 Å². The van der Waals surface area contributed by atoms with E-state index in [9.17, 15) is 14.0 Å². The molecule has 0 aromatic heterocycles. The molecule has 136 valence electrons. The minimum Gasteiger partial charge on any atom is -0.489 e. The van der Waals surface area contributed by atoms with E-state index < -0.39 is 11.7 Å². The molecule has 6 nitrogen and oxygen atoms in total. The Morgan fingerprint density at radius 2 is 2.16 bits per heavy atom. The van der Waals surface area contributed by atoms with E-state index in [0.29, 0.717) is 24.2 Å². The smallest absolute Gasteiger partial charge is 0.407 e. The maximum Gasteiger partial charge on any atom is 0.407 e. The Balaban J connectivity index is 1.87. The topological polar surface area (TPSA) is 76.7 Å². The monoisotopic (exact) mass is 350 g/mol. The highest BCUT2D eigenvalue weighted by atomic mass is 19.1. The Morgan fingerprint density at radius 1 is 1.40 bits per heavy atom. The molecule has 0 saturated heterocycles. The van der Waals surface area contributed by atoms with Gasteiger partial charge in [0.2, 0.25) is 0 Å². The average molecular weight is 350 g/mol. The van der Waals surface area contributed by atoms with Gasteiger partial charge in [0.15, 0.2) is 0 Å². The Labute approximate surface area is 146 Å². The molecule has 7 heteroatoms. The molecule has 0 atom stereocenters. The molecule has 2 amide bonds. The van der Waals surface area contributed by atoms with Gasteiger partial charge in [-0.05, 0) is 51.0 Å². The molecular formula is C18H23FN2O4. The van der Waals surface area contributed by atoms with Gasteiger partial charge in [-0.1, -0.05) is 0 Å². The van der Waals surface area contributed by atoms with Crippen LogP contribution in [-0.2, 0) is 11.2 Å². The lowest BCUT2D eigenvalue weighted by Crippen LogP contribution is -2.34. The van der Waals surface area contributed by atoms with Gasteiger partial charge in [0.05, 0.1) is 6.33 Å². The van der Waals surface area contributed by atoms with Crippen LogP contribution in [-0.4, -0.2) is 37.3 Å². The highest BCUT2D eigenvalue weighted by Gasteiger charge is 2.18. The number of fused-ring (bicyclic) bond motifs is 1. The van der Waals surface area contributed by atoms with Crippen LogP contribution in [0.4, 0.5) is 9.18 Å². The van der Waals surface area contributed by atoms with E-state index in [-0.39, 0.29) is 24.6 Å². The first-order valence-corrected chi connectivity index (χ1v) is 8.07. The van der Waals surface area contributed by atoms with Gasteiger partial charge in [0, 0.05) is 24.2 Å². The molecule has 25 heavy (non-hydrogen) atoms. The van der Waals surface area contributed by atoms with Gasteiger partial charge in [-0.2, -0.15) is 0 Å². The molecule has 0 saturated carbocycles. The lowest BCUT2D eigenvalue weighted by atomic mass is 10.0. The normalized spacial score (nSPS) is 14.4. The largest absolute Gasteiger partial charge is 0.489 e. The summed E-state index contributed by atoms with van der Waals surface area (Å²) in [6.45, 7) is 5.80. The lowest BCUT2D eigenvalue weighted by molar-refractivity contribution is 0.0531. The summed E-state index contributed by atoms with van der Waals surface area (Å²) >= 11 is 0. The van der Waals surface area contributed by atoms with Crippen LogP contribution in [0.15, 0.2) is 30.1 Å². The molecule has 0 bridgehead atoms. The van der Waals surface area contributed by atoms with E-state index in [1.807, 2.05) is 0 Å². The zero-order valence-electron chi connectivity index (χ0n) is 14.6. The van der Waals surface area contributed by atoms with Crippen molar-refractivity contribution in [2.75, 3.05) is 19.7 Å². The van der Waals surface area contributed by atoms with Gasteiger partial charge in [0.1, 0.15) is 18.0 Å². The van der Waals surface area contributed by atoms with Crippen molar-refractivity contribution in [2.45, 2.75) is 32.8 Å². The molecule has 0 radical (unpaired) electrons. The van der Waals surface area contributed by atoms with Crippen molar-refractivity contribution in [1.29, 1.82) is 0 Å². The molecule has 1 heterocycles. The molecule has 1 aliphatic heterocycles. The predicted molar refractivity (Wildman–Crippen MR) is 91.4 cm³/mol. The maximum absolute atomic E-state index is 13.0. The molecule has 1 aromatic rings. The van der Waals surface area contributed by atoms with Crippen molar-refractivity contribution in [2.24, 2.45) is 0 Å². The van der Waals surface area contributed by atoms with Crippen molar-refractivity contribution < 1.29 is 23.5 Å². The van der Waals surface area contributed by atoms with Crippen molar-refractivity contribution in [3.63, 3.8) is 0 Å². The van der Waals surface area contributed by atoms with Crippen molar-refractivity contribution >= 4 is 12.0 Å². The maximum atomic E-state index is 13.0. The molecule has 0 fully saturated rings. The van der Waals surface area contributed by atoms with Gasteiger partial charge >= 0.3 is 6.09 Å². The second-order valence-electron chi connectivity index (χ2n) is 6.74.